The lowest BCUT2D eigenvalue weighted by atomic mass is 10.1. The molecule has 0 fully saturated rings. The average Bonchev–Trinajstić information content (AvgIpc) is 2.32. The predicted octanol–water partition coefficient (Wildman–Crippen LogP) is 3.58. The van der Waals surface area contributed by atoms with Gasteiger partial charge in [0.15, 0.2) is 0 Å². The molecule has 0 spiro atoms. The summed E-state index contributed by atoms with van der Waals surface area (Å²) in [6.45, 7) is 15.7. The molecule has 0 aliphatic heterocycles. The minimum Gasteiger partial charge on any atom is -0.496 e. The number of quaternary nitrogens is 1. The van der Waals surface area contributed by atoms with Crippen LogP contribution in [-0.2, 0) is 4.74 Å². The molecular formula is C14H30NO+. The molecule has 2 heteroatoms. The zero-order valence-electron chi connectivity index (χ0n) is 11.8. The van der Waals surface area contributed by atoms with Crippen molar-refractivity contribution in [2.24, 2.45) is 0 Å². The van der Waals surface area contributed by atoms with Crippen LogP contribution in [0.2, 0.25) is 0 Å². The Morgan fingerprint density at radius 3 is 2.31 bits per heavy atom. The van der Waals surface area contributed by atoms with Gasteiger partial charge < -0.3 is 9.22 Å². The topological polar surface area (TPSA) is 9.23 Å². The normalized spacial score (nSPS) is 17.3. The van der Waals surface area contributed by atoms with E-state index in [9.17, 15) is 0 Å². The molecule has 0 aromatic heterocycles. The molecule has 2 nitrogen and oxygen atoms in total. The van der Waals surface area contributed by atoms with Gasteiger partial charge in [0, 0.05) is 0 Å². The number of rotatable bonds is 9. The molecule has 0 rings (SSSR count). The van der Waals surface area contributed by atoms with Gasteiger partial charge in [0.2, 0.25) is 0 Å². The van der Waals surface area contributed by atoms with E-state index in [4.69, 9.17) is 4.74 Å². The van der Waals surface area contributed by atoms with Crippen LogP contribution in [0.1, 0.15) is 47.5 Å². The first-order chi connectivity index (χ1) is 7.66. The zero-order valence-corrected chi connectivity index (χ0v) is 11.8. The van der Waals surface area contributed by atoms with Crippen LogP contribution in [0.4, 0.5) is 0 Å². The van der Waals surface area contributed by atoms with Crippen LogP contribution in [0.3, 0.4) is 0 Å². The fraction of sp³-hybridized carbons (Fsp3) is 0.857. The summed E-state index contributed by atoms with van der Waals surface area (Å²) in [7, 11) is 0. The van der Waals surface area contributed by atoms with Gasteiger partial charge in [-0.05, 0) is 33.6 Å². The molecule has 0 aliphatic carbocycles. The van der Waals surface area contributed by atoms with E-state index < -0.39 is 0 Å². The summed E-state index contributed by atoms with van der Waals surface area (Å²) in [6.07, 6.45) is 6.25. The molecule has 0 N–H and O–H groups in total. The molecule has 0 bridgehead atoms. The number of hydrogen-bond acceptors (Lipinski definition) is 1. The summed E-state index contributed by atoms with van der Waals surface area (Å²) >= 11 is 0. The van der Waals surface area contributed by atoms with Crippen molar-refractivity contribution in [1.82, 2.24) is 0 Å². The third-order valence-corrected chi connectivity index (χ3v) is 3.71. The van der Waals surface area contributed by atoms with Crippen molar-refractivity contribution in [3.63, 3.8) is 0 Å². The molecule has 0 amide bonds. The number of likely N-dealkylation sites (N-methyl/N-ethyl adjacent to an activating group) is 1. The van der Waals surface area contributed by atoms with E-state index >= 15 is 0 Å². The van der Waals surface area contributed by atoms with E-state index in [1.54, 1.807) is 6.26 Å². The average molecular weight is 228 g/mol. The largest absolute Gasteiger partial charge is 0.496 e. The Balaban J connectivity index is 4.37. The lowest BCUT2D eigenvalue weighted by molar-refractivity contribution is -0.948. The Bertz CT molecular complexity index is 191. The van der Waals surface area contributed by atoms with Gasteiger partial charge in [-0.15, -0.1) is 0 Å². The van der Waals surface area contributed by atoms with Gasteiger partial charge >= 0.3 is 0 Å². The first-order valence-electron chi connectivity index (χ1n) is 6.75. The van der Waals surface area contributed by atoms with Crippen molar-refractivity contribution < 1.29 is 9.22 Å². The van der Waals surface area contributed by atoms with Crippen LogP contribution in [-0.4, -0.2) is 36.8 Å². The van der Waals surface area contributed by atoms with Gasteiger partial charge in [-0.2, -0.15) is 0 Å². The number of nitrogens with zero attached hydrogens (tertiary/aromatic N) is 1. The van der Waals surface area contributed by atoms with Gasteiger partial charge in [0.25, 0.3) is 0 Å². The maximum atomic E-state index is 5.48. The molecule has 0 aromatic rings. The van der Waals surface area contributed by atoms with E-state index in [1.165, 1.54) is 30.4 Å². The van der Waals surface area contributed by atoms with Gasteiger partial charge in [0.1, 0.15) is 13.2 Å². The Hall–Kier alpha value is -0.500. The molecule has 96 valence electrons. The fourth-order valence-corrected chi connectivity index (χ4v) is 2.41. The molecule has 16 heavy (non-hydrogen) atoms. The quantitative estimate of drug-likeness (QED) is 0.333. The lowest BCUT2D eigenvalue weighted by Crippen LogP contribution is -2.56. The Morgan fingerprint density at radius 2 is 1.88 bits per heavy atom. The second-order valence-corrected chi connectivity index (χ2v) is 4.58. The van der Waals surface area contributed by atoms with E-state index in [0.717, 1.165) is 19.2 Å². The number of hydrogen-bond donors (Lipinski definition) is 0. The fourth-order valence-electron chi connectivity index (χ4n) is 2.41. The third kappa shape index (κ3) is 4.56. The summed E-state index contributed by atoms with van der Waals surface area (Å²) < 4.78 is 6.68. The second kappa shape index (κ2) is 8.63. The highest BCUT2D eigenvalue weighted by Gasteiger charge is 2.29. The van der Waals surface area contributed by atoms with Crippen LogP contribution in [0, 0.1) is 0 Å². The van der Waals surface area contributed by atoms with E-state index in [2.05, 4.69) is 27.7 Å². The molecule has 0 saturated carbocycles. The Labute approximate surface area is 102 Å². The number of ether oxygens (including phenoxy) is 1. The highest BCUT2D eigenvalue weighted by molar-refractivity contribution is 4.65. The SMILES string of the molecule is C/C=C/OCC[N+](CC)(CCC)C(C)CC. The van der Waals surface area contributed by atoms with Crippen molar-refractivity contribution in [3.8, 4) is 0 Å². The zero-order chi connectivity index (χ0) is 12.4. The first kappa shape index (κ1) is 15.5. The highest BCUT2D eigenvalue weighted by atomic mass is 16.5. The monoisotopic (exact) mass is 228 g/mol. The van der Waals surface area contributed by atoms with Crippen molar-refractivity contribution in [1.29, 1.82) is 0 Å². The smallest absolute Gasteiger partial charge is 0.136 e. The highest BCUT2D eigenvalue weighted by Crippen LogP contribution is 2.17. The second-order valence-electron chi connectivity index (χ2n) is 4.58. The van der Waals surface area contributed by atoms with Crippen molar-refractivity contribution in [3.05, 3.63) is 12.3 Å². The Morgan fingerprint density at radius 1 is 1.19 bits per heavy atom. The van der Waals surface area contributed by atoms with Crippen molar-refractivity contribution in [2.45, 2.75) is 53.5 Å². The van der Waals surface area contributed by atoms with Crippen LogP contribution in [0.5, 0.6) is 0 Å². The molecule has 0 saturated heterocycles. The standard InChI is InChI=1S/C14H30NO/c1-6-10-15(9-4,14(5)8-3)11-13-16-12-7-2/h7,12,14H,6,8-11,13H2,1-5H3/q+1/b12-7+. The van der Waals surface area contributed by atoms with Crippen LogP contribution in [0.25, 0.3) is 0 Å². The van der Waals surface area contributed by atoms with Crippen LogP contribution < -0.4 is 0 Å². The summed E-state index contributed by atoms with van der Waals surface area (Å²) in [5.41, 5.74) is 0. The van der Waals surface area contributed by atoms with E-state index in [1.807, 2.05) is 13.0 Å². The molecule has 0 aliphatic rings. The van der Waals surface area contributed by atoms with Crippen molar-refractivity contribution >= 4 is 0 Å². The third-order valence-electron chi connectivity index (χ3n) is 3.71. The molecular weight excluding hydrogens is 198 g/mol. The van der Waals surface area contributed by atoms with Crippen LogP contribution in [0.15, 0.2) is 12.3 Å². The maximum absolute atomic E-state index is 5.48. The number of allylic oxidation sites excluding steroid dienone is 1. The maximum Gasteiger partial charge on any atom is 0.136 e. The molecule has 2 atom stereocenters. The molecule has 0 radical (unpaired) electrons. The Kier molecular flexibility index (Phi) is 8.36. The molecule has 2 unspecified atom stereocenters. The van der Waals surface area contributed by atoms with Crippen molar-refractivity contribution in [2.75, 3.05) is 26.2 Å². The van der Waals surface area contributed by atoms with E-state index in [0.29, 0.717) is 0 Å². The lowest BCUT2D eigenvalue weighted by Gasteiger charge is -2.42. The van der Waals surface area contributed by atoms with E-state index in [-0.39, 0.29) is 0 Å². The van der Waals surface area contributed by atoms with Gasteiger partial charge in [-0.25, -0.2) is 0 Å². The van der Waals surface area contributed by atoms with Gasteiger partial charge in [0.05, 0.1) is 25.4 Å². The van der Waals surface area contributed by atoms with Gasteiger partial charge in [-0.3, -0.25) is 0 Å². The summed E-state index contributed by atoms with van der Waals surface area (Å²) in [6, 6.07) is 0.735. The van der Waals surface area contributed by atoms with Crippen LogP contribution >= 0.6 is 0 Å². The summed E-state index contributed by atoms with van der Waals surface area (Å²) in [5.74, 6) is 0. The molecule has 0 aromatic carbocycles. The molecule has 0 heterocycles. The van der Waals surface area contributed by atoms with Gasteiger partial charge in [-0.1, -0.05) is 19.9 Å². The summed E-state index contributed by atoms with van der Waals surface area (Å²) in [4.78, 5) is 0. The minimum atomic E-state index is 0.735. The predicted molar refractivity (Wildman–Crippen MR) is 71.3 cm³/mol. The summed E-state index contributed by atoms with van der Waals surface area (Å²) in [5, 5.41) is 0. The first-order valence-corrected chi connectivity index (χ1v) is 6.75. The minimum absolute atomic E-state index is 0.735.